The lowest BCUT2D eigenvalue weighted by atomic mass is 9.97. The maximum absolute atomic E-state index is 14.0. The Morgan fingerprint density at radius 1 is 0.440 bits per heavy atom. The molecule has 0 aromatic heterocycles. The smallest absolute Gasteiger partial charge is 0.408 e. The molecule has 6 N–H and O–H groups in total. The van der Waals surface area contributed by atoms with Gasteiger partial charge in [0.25, 0.3) is 0 Å². The summed E-state index contributed by atoms with van der Waals surface area (Å²) in [6, 6.07) is -4.81. The van der Waals surface area contributed by atoms with E-state index in [4.69, 9.17) is 66.3 Å². The van der Waals surface area contributed by atoms with Crippen LogP contribution in [-0.2, 0) is 95.1 Å². The number of nitrogens with one attached hydrogen (secondary N) is 6. The number of unbranched alkanes of at least 4 members (excludes halogenated alkanes) is 3. The molecular weight excluding hydrogens is 1100 g/mol. The first kappa shape index (κ1) is 68.7. The molecule has 0 spiro atoms. The molecule has 0 aromatic rings. The lowest BCUT2D eigenvalue weighted by Gasteiger charge is -2.32. The van der Waals surface area contributed by atoms with Gasteiger partial charge in [0.05, 0.1) is 25.2 Å². The number of rotatable bonds is 30. The summed E-state index contributed by atoms with van der Waals surface area (Å²) in [6.45, 7) is 20.5. The highest BCUT2D eigenvalue weighted by molar-refractivity contribution is 5.88. The van der Waals surface area contributed by atoms with Gasteiger partial charge in [-0.2, -0.15) is 0 Å². The topological polar surface area (TPSA) is 321 Å². The highest BCUT2D eigenvalue weighted by Gasteiger charge is 2.60. The molecule has 480 valence electrons. The van der Waals surface area contributed by atoms with Crippen LogP contribution in [0, 0.1) is 0 Å². The van der Waals surface area contributed by atoms with E-state index in [0.29, 0.717) is 57.8 Å². The number of hydrogen-bond donors (Lipinski definition) is 6. The monoisotopic (exact) mass is 1200 g/mol. The van der Waals surface area contributed by atoms with E-state index in [1.807, 2.05) is 0 Å². The molecule has 6 amide bonds. The summed E-state index contributed by atoms with van der Waals surface area (Å²) in [5.74, 6) is -5.27. The molecule has 0 unspecified atom stereocenters. The van der Waals surface area contributed by atoms with Crippen LogP contribution in [0.4, 0.5) is 4.79 Å². The van der Waals surface area contributed by atoms with Crippen LogP contribution in [-0.4, -0.2) is 203 Å². The van der Waals surface area contributed by atoms with E-state index in [1.54, 1.807) is 76.2 Å². The van der Waals surface area contributed by atoms with Crippen molar-refractivity contribution in [1.82, 2.24) is 31.9 Å². The summed E-state index contributed by atoms with van der Waals surface area (Å²) < 4.78 is 83.0. The van der Waals surface area contributed by atoms with Gasteiger partial charge in [-0.3, -0.25) is 28.8 Å². The second-order valence-corrected chi connectivity index (χ2v) is 24.9. The van der Waals surface area contributed by atoms with E-state index in [-0.39, 0.29) is 37.0 Å². The van der Waals surface area contributed by atoms with Crippen LogP contribution in [0.1, 0.15) is 160 Å². The Bertz CT molecular complexity index is 2250. The Morgan fingerprint density at radius 2 is 0.750 bits per heavy atom. The van der Waals surface area contributed by atoms with Gasteiger partial charge in [0.2, 0.25) is 29.5 Å². The van der Waals surface area contributed by atoms with E-state index in [2.05, 4.69) is 31.9 Å². The molecule has 0 aliphatic carbocycles. The zero-order chi connectivity index (χ0) is 62.1. The van der Waals surface area contributed by atoms with Crippen LogP contribution in [0.2, 0.25) is 0 Å². The number of ether oxygens (including phenoxy) is 14. The van der Waals surface area contributed by atoms with Crippen LogP contribution in [0.15, 0.2) is 0 Å². The van der Waals surface area contributed by atoms with E-state index in [1.165, 1.54) is 35.4 Å². The Labute approximate surface area is 493 Å². The SMILES string of the molecule is COC(=O)CCCC[C@H](NC(=O)[C@H](C)NC(=O)CCCC[C@H](NC(=O)[C@H](C)NC(=O)CCCC[C@H](NC(=O)[C@H](C)NC(=O)OC(C)(C)C)[C@H]1O[C@@H]2OC(C)(C)O[C@@H]2[C@H]1OC)[C@H]1O[C@@H]2OC(C)(C)O[C@@H]2[C@H]1OC)[C@H]1O[C@@H]2OC(C)(C)O[C@@H]2[C@H]1OC. The zero-order valence-corrected chi connectivity index (χ0v) is 52.0. The molecule has 6 rings (SSSR count). The molecule has 84 heavy (non-hydrogen) atoms. The first-order valence-corrected chi connectivity index (χ1v) is 29.6. The van der Waals surface area contributed by atoms with E-state index in [9.17, 15) is 33.6 Å². The predicted molar refractivity (Wildman–Crippen MR) is 296 cm³/mol. The molecule has 0 aromatic carbocycles. The molecule has 6 aliphatic heterocycles. The van der Waals surface area contributed by atoms with Crippen molar-refractivity contribution in [2.45, 2.75) is 293 Å². The maximum atomic E-state index is 14.0. The Morgan fingerprint density at radius 3 is 1.05 bits per heavy atom. The van der Waals surface area contributed by atoms with Crippen molar-refractivity contribution in [2.24, 2.45) is 0 Å². The van der Waals surface area contributed by atoms with E-state index in [0.717, 1.165) is 0 Å². The van der Waals surface area contributed by atoms with Crippen LogP contribution >= 0.6 is 0 Å². The second kappa shape index (κ2) is 29.5. The first-order valence-electron chi connectivity index (χ1n) is 29.6. The minimum absolute atomic E-state index is 0.0451. The summed E-state index contributed by atoms with van der Waals surface area (Å²) in [4.78, 5) is 92.5. The molecule has 6 fully saturated rings. The molecule has 27 heteroatoms. The largest absolute Gasteiger partial charge is 0.469 e. The number of carbonyl (C=O) groups excluding carboxylic acids is 7. The van der Waals surface area contributed by atoms with Crippen LogP contribution in [0.25, 0.3) is 0 Å². The number of fused-ring (bicyclic) bond motifs is 3. The molecule has 0 radical (unpaired) electrons. The predicted octanol–water partition coefficient (Wildman–Crippen LogP) is 2.89. The fraction of sp³-hybridized carbons (Fsp3) is 0.877. The molecule has 0 saturated carbocycles. The van der Waals surface area contributed by atoms with Crippen LogP contribution in [0.3, 0.4) is 0 Å². The van der Waals surface area contributed by atoms with Crippen molar-refractivity contribution in [3.05, 3.63) is 0 Å². The fourth-order valence-corrected chi connectivity index (χ4v) is 11.5. The third-order valence-corrected chi connectivity index (χ3v) is 15.4. The normalized spacial score (nSPS) is 31.0. The molecule has 27 nitrogen and oxygen atoms in total. The van der Waals surface area contributed by atoms with E-state index < -0.39 is 157 Å². The van der Waals surface area contributed by atoms with Crippen molar-refractivity contribution < 1.29 is 99.9 Å². The molecular formula is C57H96N6O21. The van der Waals surface area contributed by atoms with Gasteiger partial charge in [0.15, 0.2) is 36.2 Å². The second-order valence-electron chi connectivity index (χ2n) is 24.9. The number of methoxy groups -OCH3 is 4. The lowest BCUT2D eigenvalue weighted by Crippen LogP contribution is -2.55. The van der Waals surface area contributed by atoms with Gasteiger partial charge < -0.3 is 98.2 Å². The lowest BCUT2D eigenvalue weighted by molar-refractivity contribution is -0.220. The molecule has 6 saturated heterocycles. The quantitative estimate of drug-likeness (QED) is 0.0445. The van der Waals surface area contributed by atoms with Crippen molar-refractivity contribution >= 4 is 41.6 Å². The average molecular weight is 1200 g/mol. The van der Waals surface area contributed by atoms with Gasteiger partial charge in [-0.1, -0.05) is 19.3 Å². The van der Waals surface area contributed by atoms with Gasteiger partial charge >= 0.3 is 12.1 Å². The molecule has 18 atom stereocenters. The minimum Gasteiger partial charge on any atom is -0.469 e. The summed E-state index contributed by atoms with van der Waals surface area (Å²) >= 11 is 0. The first-order chi connectivity index (χ1) is 39.4. The van der Waals surface area contributed by atoms with Gasteiger partial charge in [-0.25, -0.2) is 4.79 Å². The van der Waals surface area contributed by atoms with Crippen molar-refractivity contribution in [3.63, 3.8) is 0 Å². The number of esters is 1. The summed E-state index contributed by atoms with van der Waals surface area (Å²) in [6.07, 6.45) is -4.57. The maximum Gasteiger partial charge on any atom is 0.408 e. The molecule has 6 heterocycles. The third kappa shape index (κ3) is 18.8. The molecule has 6 aliphatic rings. The third-order valence-electron chi connectivity index (χ3n) is 15.4. The summed E-state index contributed by atoms with van der Waals surface area (Å²) in [5.41, 5.74) is -0.777. The summed E-state index contributed by atoms with van der Waals surface area (Å²) in [5, 5.41) is 17.3. The Kier molecular flexibility index (Phi) is 24.2. The number of hydrogen-bond acceptors (Lipinski definition) is 21. The minimum atomic E-state index is -0.982. The fourth-order valence-electron chi connectivity index (χ4n) is 11.5. The number of amides is 6. The molecule has 0 bridgehead atoms. The Balaban J connectivity index is 1.01. The van der Waals surface area contributed by atoms with Crippen molar-refractivity contribution in [1.29, 1.82) is 0 Å². The summed E-state index contributed by atoms with van der Waals surface area (Å²) in [7, 11) is 5.91. The number of alkyl carbamates (subject to hydrolysis) is 1. The average Bonchev–Trinajstić information content (AvgIpc) is 1.94. The van der Waals surface area contributed by atoms with Crippen LogP contribution < -0.4 is 31.9 Å². The van der Waals surface area contributed by atoms with Gasteiger partial charge in [-0.05, 0) is 122 Å². The van der Waals surface area contributed by atoms with Crippen molar-refractivity contribution in [2.75, 3.05) is 28.4 Å². The number of carbonyl (C=O) groups is 7. The van der Waals surface area contributed by atoms with Gasteiger partial charge in [0, 0.05) is 40.6 Å². The van der Waals surface area contributed by atoms with Gasteiger partial charge in [0.1, 0.15) is 78.7 Å². The standard InChI is InChI=1S/C57H96N6O21/c1-29(58-36(65)27-21-18-24-33(63-49(69)31(3)60-53(70)84-54(4,5)6)39-42(73-15)45-51(76-39)82-56(9,10)79-45)47(67)61-32(38-41(72-14)44-50(75-38)81-55(7,8)78-44)23-17-20-26-35(64)59-30(2)48(68)62-34(25-19-22-28-37(66)71-13)40-43(74-16)46-52(77-40)83-57(11,12)80-46/h29-34,38-46,50-52H,17-28H2,1-16H3,(H,58,65)(H,59,64)(H,60,70)(H,61,67)(H,62,68)(H,63,69)/t29-,30-,31-,32-,33-,34-,38+,39+,40+,41-,42-,43-,44+,45+,46+,50+,51+,52+/m0/s1. The van der Waals surface area contributed by atoms with Crippen LogP contribution in [0.5, 0.6) is 0 Å². The Hall–Kier alpha value is -4.39. The van der Waals surface area contributed by atoms with Gasteiger partial charge in [-0.15, -0.1) is 0 Å². The van der Waals surface area contributed by atoms with E-state index >= 15 is 0 Å². The zero-order valence-electron chi connectivity index (χ0n) is 52.0. The highest BCUT2D eigenvalue weighted by atomic mass is 16.9. The van der Waals surface area contributed by atoms with Crippen molar-refractivity contribution in [3.8, 4) is 0 Å². The highest BCUT2D eigenvalue weighted by Crippen LogP contribution is 2.43.